The number of ether oxygens (including phenoxy) is 1. The number of anilines is 1. The number of imidazole rings is 1. The van der Waals surface area contributed by atoms with E-state index in [1.54, 1.807) is 18.6 Å². The molecule has 3 aromatic rings. The van der Waals surface area contributed by atoms with E-state index < -0.39 is 0 Å². The van der Waals surface area contributed by atoms with Crippen LogP contribution in [-0.2, 0) is 9.53 Å². The second-order valence-corrected chi connectivity index (χ2v) is 7.54. The lowest BCUT2D eigenvalue weighted by Gasteiger charge is -2.25. The summed E-state index contributed by atoms with van der Waals surface area (Å²) in [5, 5.41) is 1.68. The molecule has 3 heterocycles. The third-order valence-electron chi connectivity index (χ3n) is 4.90. The zero-order valence-electron chi connectivity index (χ0n) is 14.9. The summed E-state index contributed by atoms with van der Waals surface area (Å²) < 4.78 is 6.89. The Kier molecular flexibility index (Phi) is 4.70. The molecule has 0 spiro atoms. The highest BCUT2D eigenvalue weighted by molar-refractivity contribution is 6.45. The van der Waals surface area contributed by atoms with Crippen molar-refractivity contribution in [2.24, 2.45) is 5.92 Å². The molecule has 1 aliphatic rings. The van der Waals surface area contributed by atoms with E-state index in [-0.39, 0.29) is 12.0 Å². The normalized spacial score (nSPS) is 19.6. The van der Waals surface area contributed by atoms with Crippen LogP contribution in [-0.4, -0.2) is 40.2 Å². The molecule has 1 aliphatic heterocycles. The first-order chi connectivity index (χ1) is 13.0. The molecule has 8 heteroatoms. The van der Waals surface area contributed by atoms with Gasteiger partial charge in [0.05, 0.1) is 34.7 Å². The molecular weight excluding hydrogens is 387 g/mol. The predicted molar refractivity (Wildman–Crippen MR) is 106 cm³/mol. The second kappa shape index (κ2) is 7.02. The molecule has 0 aliphatic carbocycles. The van der Waals surface area contributed by atoms with Gasteiger partial charge in [0.15, 0.2) is 0 Å². The van der Waals surface area contributed by atoms with E-state index in [9.17, 15) is 4.79 Å². The smallest absolute Gasteiger partial charge is 0.328 e. The molecule has 2 aromatic heterocycles. The SMILES string of the molecule is COC(=O)[C@@H]1C[C@H](C)CN1c1cc(-n2ccnc2)c2ccc(Cl)c(Cl)c2n1. The monoisotopic (exact) mass is 404 g/mol. The number of carbonyl (C=O) groups excluding carboxylic acids is 1. The molecule has 0 unspecified atom stereocenters. The third-order valence-corrected chi connectivity index (χ3v) is 5.69. The number of pyridine rings is 1. The zero-order chi connectivity index (χ0) is 19.1. The summed E-state index contributed by atoms with van der Waals surface area (Å²) in [7, 11) is 1.41. The van der Waals surface area contributed by atoms with Crippen LogP contribution in [0.1, 0.15) is 13.3 Å². The van der Waals surface area contributed by atoms with Gasteiger partial charge in [-0.2, -0.15) is 0 Å². The number of fused-ring (bicyclic) bond motifs is 1. The minimum atomic E-state index is -0.372. The summed E-state index contributed by atoms with van der Waals surface area (Å²) in [5.74, 6) is 0.746. The Bertz CT molecular complexity index is 1010. The molecule has 140 valence electrons. The van der Waals surface area contributed by atoms with Gasteiger partial charge in [-0.3, -0.25) is 0 Å². The molecule has 0 radical (unpaired) electrons. The Morgan fingerprint density at radius 1 is 1.33 bits per heavy atom. The van der Waals surface area contributed by atoms with E-state index in [1.807, 2.05) is 27.8 Å². The van der Waals surface area contributed by atoms with Gasteiger partial charge in [-0.05, 0) is 24.5 Å². The Hall–Kier alpha value is -2.31. The van der Waals surface area contributed by atoms with Crippen molar-refractivity contribution in [1.29, 1.82) is 0 Å². The lowest BCUT2D eigenvalue weighted by Crippen LogP contribution is -2.37. The van der Waals surface area contributed by atoms with Crippen LogP contribution in [0.15, 0.2) is 36.9 Å². The predicted octanol–water partition coefficient (Wildman–Crippen LogP) is 4.12. The van der Waals surface area contributed by atoms with Gasteiger partial charge in [0.2, 0.25) is 0 Å². The summed E-state index contributed by atoms with van der Waals surface area (Å²) in [6.07, 6.45) is 5.99. The number of hydrogen-bond acceptors (Lipinski definition) is 5. The van der Waals surface area contributed by atoms with Crippen molar-refractivity contribution in [2.75, 3.05) is 18.6 Å². The highest BCUT2D eigenvalue weighted by Crippen LogP contribution is 2.37. The van der Waals surface area contributed by atoms with E-state index in [4.69, 9.17) is 32.9 Å². The highest BCUT2D eigenvalue weighted by atomic mass is 35.5. The molecular formula is C19H18Cl2N4O2. The maximum atomic E-state index is 12.3. The fourth-order valence-corrected chi connectivity index (χ4v) is 3.98. The van der Waals surface area contributed by atoms with Crippen molar-refractivity contribution in [3.05, 3.63) is 47.0 Å². The minimum Gasteiger partial charge on any atom is -0.467 e. The Labute approximate surface area is 166 Å². The first kappa shape index (κ1) is 18.1. The number of halogens is 2. The van der Waals surface area contributed by atoms with Gasteiger partial charge in [-0.1, -0.05) is 30.1 Å². The van der Waals surface area contributed by atoms with E-state index in [0.717, 1.165) is 17.5 Å². The van der Waals surface area contributed by atoms with Gasteiger partial charge in [0, 0.05) is 30.4 Å². The lowest BCUT2D eigenvalue weighted by molar-refractivity contribution is -0.142. The molecule has 2 atom stereocenters. The molecule has 0 bridgehead atoms. The van der Waals surface area contributed by atoms with Crippen LogP contribution in [0.2, 0.25) is 10.0 Å². The maximum absolute atomic E-state index is 12.3. The number of esters is 1. The van der Waals surface area contributed by atoms with Crippen LogP contribution < -0.4 is 4.90 Å². The molecule has 1 fully saturated rings. The summed E-state index contributed by atoms with van der Waals surface area (Å²) in [4.78, 5) is 23.2. The third kappa shape index (κ3) is 3.13. The number of benzene rings is 1. The first-order valence-electron chi connectivity index (χ1n) is 8.61. The molecule has 1 aromatic carbocycles. The van der Waals surface area contributed by atoms with Crippen LogP contribution in [0, 0.1) is 5.92 Å². The van der Waals surface area contributed by atoms with Gasteiger partial charge in [0.1, 0.15) is 11.9 Å². The van der Waals surface area contributed by atoms with Crippen LogP contribution >= 0.6 is 23.2 Å². The average Bonchev–Trinajstić information content (AvgIpc) is 3.33. The van der Waals surface area contributed by atoms with Crippen LogP contribution in [0.25, 0.3) is 16.6 Å². The highest BCUT2D eigenvalue weighted by Gasteiger charge is 2.37. The number of hydrogen-bond donors (Lipinski definition) is 0. The number of rotatable bonds is 3. The quantitative estimate of drug-likeness (QED) is 0.614. The van der Waals surface area contributed by atoms with Crippen molar-refractivity contribution in [2.45, 2.75) is 19.4 Å². The molecule has 6 nitrogen and oxygen atoms in total. The van der Waals surface area contributed by atoms with Crippen molar-refractivity contribution in [1.82, 2.24) is 14.5 Å². The summed E-state index contributed by atoms with van der Waals surface area (Å²) >= 11 is 12.7. The first-order valence-corrected chi connectivity index (χ1v) is 9.36. The van der Waals surface area contributed by atoms with Crippen molar-refractivity contribution in [3.8, 4) is 5.69 Å². The van der Waals surface area contributed by atoms with Gasteiger partial charge in [-0.15, -0.1) is 0 Å². The largest absolute Gasteiger partial charge is 0.467 e. The molecule has 0 amide bonds. The van der Waals surface area contributed by atoms with Gasteiger partial charge in [0.25, 0.3) is 0 Å². The van der Waals surface area contributed by atoms with Crippen LogP contribution in [0.5, 0.6) is 0 Å². The van der Waals surface area contributed by atoms with Crippen molar-refractivity contribution in [3.63, 3.8) is 0 Å². The fraction of sp³-hybridized carbons (Fsp3) is 0.316. The Morgan fingerprint density at radius 2 is 2.15 bits per heavy atom. The average molecular weight is 405 g/mol. The van der Waals surface area contributed by atoms with E-state index >= 15 is 0 Å². The summed E-state index contributed by atoms with van der Waals surface area (Å²) in [5.41, 5.74) is 1.46. The number of nitrogens with zero attached hydrogens (tertiary/aromatic N) is 4. The van der Waals surface area contributed by atoms with Crippen LogP contribution in [0.4, 0.5) is 5.82 Å². The van der Waals surface area contributed by atoms with Crippen LogP contribution in [0.3, 0.4) is 0 Å². The molecule has 0 saturated carbocycles. The standard InChI is InChI=1S/C19H18Cl2N4O2/c1-11-7-15(19(26)27-2)25(9-11)16-8-14(24-6-5-22-10-24)12-3-4-13(20)17(21)18(12)23-16/h3-6,8,10-11,15H,7,9H2,1-2H3/t11-,15-/m0/s1. The van der Waals surface area contributed by atoms with Crippen molar-refractivity contribution >= 4 is 45.9 Å². The number of aromatic nitrogens is 3. The van der Waals surface area contributed by atoms with E-state index in [1.165, 1.54) is 7.11 Å². The van der Waals surface area contributed by atoms with Gasteiger partial charge < -0.3 is 14.2 Å². The Balaban J connectivity index is 1.93. The zero-order valence-corrected chi connectivity index (χ0v) is 16.4. The summed E-state index contributed by atoms with van der Waals surface area (Å²) in [6.45, 7) is 2.82. The van der Waals surface area contributed by atoms with Gasteiger partial charge >= 0.3 is 5.97 Å². The molecule has 4 rings (SSSR count). The number of carbonyl (C=O) groups is 1. The summed E-state index contributed by atoms with van der Waals surface area (Å²) in [6, 6.07) is 5.22. The minimum absolute atomic E-state index is 0.261. The van der Waals surface area contributed by atoms with Gasteiger partial charge in [-0.25, -0.2) is 14.8 Å². The van der Waals surface area contributed by atoms with Crippen molar-refractivity contribution < 1.29 is 9.53 Å². The molecule has 27 heavy (non-hydrogen) atoms. The topological polar surface area (TPSA) is 60.2 Å². The fourth-order valence-electron chi connectivity index (χ4n) is 3.62. The Morgan fingerprint density at radius 3 is 2.85 bits per heavy atom. The van der Waals surface area contributed by atoms with E-state index in [2.05, 4.69) is 11.9 Å². The molecule has 1 saturated heterocycles. The maximum Gasteiger partial charge on any atom is 0.328 e. The second-order valence-electron chi connectivity index (χ2n) is 6.76. The lowest BCUT2D eigenvalue weighted by atomic mass is 10.1. The van der Waals surface area contributed by atoms with E-state index in [0.29, 0.717) is 33.8 Å². The molecule has 0 N–H and O–H groups in total. The number of methoxy groups -OCH3 is 1.